The average Bonchev–Trinajstić information content (AvgIpc) is 2.64. The van der Waals surface area contributed by atoms with Crippen LogP contribution in [0.1, 0.15) is 34.6 Å². The number of methoxy groups -OCH3 is 1. The van der Waals surface area contributed by atoms with E-state index in [1.807, 2.05) is 0 Å². The van der Waals surface area contributed by atoms with Crippen molar-refractivity contribution in [3.63, 3.8) is 0 Å². The lowest BCUT2D eigenvalue weighted by molar-refractivity contribution is -0.189. The van der Waals surface area contributed by atoms with E-state index < -0.39 is 67.5 Å². The van der Waals surface area contributed by atoms with Gasteiger partial charge in [0.2, 0.25) is 5.91 Å². The second-order valence-corrected chi connectivity index (χ2v) is 11.0. The van der Waals surface area contributed by atoms with Gasteiger partial charge in [0.25, 0.3) is 0 Å². The smallest absolute Gasteiger partial charge is 0.334 e. The molecule has 154 valence electrons. The molecule has 10 nitrogen and oxygen atoms in total. The van der Waals surface area contributed by atoms with Crippen molar-refractivity contribution in [2.75, 3.05) is 13.7 Å². The molecule has 2 rings (SSSR count). The van der Waals surface area contributed by atoms with Crippen molar-refractivity contribution in [1.82, 2.24) is 4.90 Å². The lowest BCUT2D eigenvalue weighted by Gasteiger charge is -2.49. The molecular weight excluding hydrogens is 380 g/mol. The summed E-state index contributed by atoms with van der Waals surface area (Å²) in [6, 6.07) is 0. The van der Waals surface area contributed by atoms with Gasteiger partial charge in [-0.2, -0.15) is 0 Å². The predicted octanol–water partition coefficient (Wildman–Crippen LogP) is -0.678. The predicted molar refractivity (Wildman–Crippen MR) is 92.9 cm³/mol. The average molecular weight is 406 g/mol. The Labute approximate surface area is 157 Å². The number of hydrogen-bond acceptors (Lipinski definition) is 8. The van der Waals surface area contributed by atoms with Gasteiger partial charge in [0.15, 0.2) is 20.8 Å². The van der Waals surface area contributed by atoms with E-state index in [0.717, 1.165) is 4.90 Å². The van der Waals surface area contributed by atoms with Crippen molar-refractivity contribution in [3.05, 3.63) is 0 Å². The van der Waals surface area contributed by atoms with Gasteiger partial charge in [-0.1, -0.05) is 0 Å². The Morgan fingerprint density at radius 1 is 1.33 bits per heavy atom. The summed E-state index contributed by atoms with van der Waals surface area (Å²) < 4.78 is 34.4. The first-order chi connectivity index (χ1) is 12.1. The van der Waals surface area contributed by atoms with Crippen molar-refractivity contribution in [2.24, 2.45) is 17.1 Å². The number of β-lactam (4-membered cyclic amide) rings is 1. The summed E-state index contributed by atoms with van der Waals surface area (Å²) in [5.74, 6) is -4.27. The molecule has 0 aromatic rings. The summed E-state index contributed by atoms with van der Waals surface area (Å²) in [6.45, 7) is 6.35. The quantitative estimate of drug-likeness (QED) is 0.343. The highest BCUT2D eigenvalue weighted by atomic mass is 32.2. The third-order valence-electron chi connectivity index (χ3n) is 5.53. The molecule has 0 saturated carbocycles. The van der Waals surface area contributed by atoms with Crippen LogP contribution < -0.4 is 5.73 Å². The van der Waals surface area contributed by atoms with Gasteiger partial charge in [-0.25, -0.2) is 13.2 Å². The van der Waals surface area contributed by atoms with Crippen LogP contribution in [0.4, 0.5) is 0 Å². The number of nitrogens with zero attached hydrogens (tertiary/aromatic N) is 1. The molecule has 2 aliphatic heterocycles. The minimum atomic E-state index is -4.17. The minimum Gasteiger partial charge on any atom is -0.479 e. The van der Waals surface area contributed by atoms with E-state index >= 15 is 0 Å². The third-order valence-corrected chi connectivity index (χ3v) is 8.43. The molecule has 0 spiro atoms. The van der Waals surface area contributed by atoms with Crippen molar-refractivity contribution >= 4 is 27.7 Å². The van der Waals surface area contributed by atoms with Crippen LogP contribution in [0.2, 0.25) is 0 Å². The lowest BCUT2D eigenvalue weighted by atomic mass is 9.79. The zero-order chi connectivity index (χ0) is 21.2. The first-order valence-corrected chi connectivity index (χ1v) is 9.89. The highest BCUT2D eigenvalue weighted by Crippen LogP contribution is 2.55. The zero-order valence-corrected chi connectivity index (χ0v) is 17.0. The maximum Gasteiger partial charge on any atom is 0.334 e. The molecule has 11 heteroatoms. The molecule has 4 atom stereocenters. The highest BCUT2D eigenvalue weighted by Gasteiger charge is 2.81. The van der Waals surface area contributed by atoms with Gasteiger partial charge in [-0.05, 0) is 34.6 Å². The molecule has 0 aromatic heterocycles. The number of carboxylic acids is 1. The standard InChI is InChI=1S/C16H26N2O8S/c1-14(2,3)13(22)26-7-16(12(20)21)15(4,5)27(23,24)11-8(9(17)25-6)10(19)18(11)16/h8-9,11H,7,17H2,1-6H3,(H,20,21)/t8-,9?,11-,16+/m1/s1. The van der Waals surface area contributed by atoms with Crippen LogP contribution in [-0.2, 0) is 33.7 Å². The number of nitrogens with two attached hydrogens (primary N) is 1. The fourth-order valence-corrected chi connectivity index (χ4v) is 6.09. The number of amides is 1. The molecule has 0 aliphatic carbocycles. The largest absolute Gasteiger partial charge is 0.479 e. The number of hydrogen-bond donors (Lipinski definition) is 2. The Bertz CT molecular complexity index is 785. The summed E-state index contributed by atoms with van der Waals surface area (Å²) in [6.07, 6.45) is -1.20. The normalized spacial score (nSPS) is 32.4. The number of carbonyl (C=O) groups is 3. The molecule has 0 radical (unpaired) electrons. The molecule has 1 unspecified atom stereocenters. The molecule has 2 fully saturated rings. The minimum absolute atomic E-state index is 0.710. The SMILES string of the molecule is COC(N)[C@@H]1C(=O)N2[C@@H]1S(=O)(=O)C(C)(C)[C@]2(COC(=O)C(C)(C)C)C(=O)O. The lowest BCUT2D eigenvalue weighted by Crippen LogP contribution is -2.74. The van der Waals surface area contributed by atoms with Crippen molar-refractivity contribution < 1.29 is 37.4 Å². The highest BCUT2D eigenvalue weighted by molar-refractivity contribution is 7.94. The van der Waals surface area contributed by atoms with E-state index in [1.54, 1.807) is 20.8 Å². The van der Waals surface area contributed by atoms with Gasteiger partial charge in [-0.15, -0.1) is 0 Å². The van der Waals surface area contributed by atoms with Crippen molar-refractivity contribution in [2.45, 2.75) is 56.5 Å². The number of carboxylic acid groups (broad SMARTS) is 1. The van der Waals surface area contributed by atoms with Gasteiger partial charge in [-0.3, -0.25) is 9.59 Å². The summed E-state index contributed by atoms with van der Waals surface area (Å²) in [5, 5.41) is 8.50. The van der Waals surface area contributed by atoms with Crippen molar-refractivity contribution in [1.29, 1.82) is 0 Å². The maximum absolute atomic E-state index is 13.1. The zero-order valence-electron chi connectivity index (χ0n) is 16.2. The van der Waals surface area contributed by atoms with Gasteiger partial charge in [0.05, 0.1) is 5.41 Å². The first-order valence-electron chi connectivity index (χ1n) is 8.34. The van der Waals surface area contributed by atoms with Gasteiger partial charge < -0.3 is 25.2 Å². The second-order valence-electron chi connectivity index (χ2n) is 8.37. The van der Waals surface area contributed by atoms with E-state index in [-0.39, 0.29) is 0 Å². The monoisotopic (exact) mass is 406 g/mol. The van der Waals surface area contributed by atoms with Crippen LogP contribution in [0.3, 0.4) is 0 Å². The molecule has 27 heavy (non-hydrogen) atoms. The number of sulfone groups is 1. The van der Waals surface area contributed by atoms with E-state index in [1.165, 1.54) is 21.0 Å². The Hall–Kier alpha value is -1.72. The molecule has 3 N–H and O–H groups in total. The molecule has 0 bridgehead atoms. The maximum atomic E-state index is 13.1. The number of ether oxygens (including phenoxy) is 2. The number of rotatable bonds is 5. The van der Waals surface area contributed by atoms with Crippen LogP contribution in [0.25, 0.3) is 0 Å². The topological polar surface area (TPSA) is 153 Å². The van der Waals surface area contributed by atoms with E-state index in [0.29, 0.717) is 0 Å². The molecule has 0 aromatic carbocycles. The fourth-order valence-electron chi connectivity index (χ4n) is 3.55. The van der Waals surface area contributed by atoms with Crippen LogP contribution >= 0.6 is 0 Å². The van der Waals surface area contributed by atoms with E-state index in [9.17, 15) is 27.9 Å². The van der Waals surface area contributed by atoms with E-state index in [2.05, 4.69) is 0 Å². The Kier molecular flexibility index (Phi) is 4.91. The number of esters is 1. The number of fused-ring (bicyclic) bond motifs is 1. The summed E-state index contributed by atoms with van der Waals surface area (Å²) in [7, 11) is -2.94. The van der Waals surface area contributed by atoms with Crippen LogP contribution in [0, 0.1) is 11.3 Å². The molecule has 2 aliphatic rings. The molecule has 2 heterocycles. The Morgan fingerprint density at radius 2 is 1.85 bits per heavy atom. The Balaban J connectivity index is 2.56. The Morgan fingerprint density at radius 3 is 2.26 bits per heavy atom. The number of carbonyl (C=O) groups excluding carboxylic acids is 2. The summed E-state index contributed by atoms with van der Waals surface area (Å²) in [4.78, 5) is 37.9. The third kappa shape index (κ3) is 2.59. The molecule has 1 amide bonds. The van der Waals surface area contributed by atoms with Crippen LogP contribution in [0.15, 0.2) is 0 Å². The van der Waals surface area contributed by atoms with Crippen molar-refractivity contribution in [3.8, 4) is 0 Å². The second kappa shape index (κ2) is 6.14. The van der Waals surface area contributed by atoms with E-state index in [4.69, 9.17) is 15.2 Å². The van der Waals surface area contributed by atoms with Crippen LogP contribution in [-0.4, -0.2) is 71.9 Å². The molecule has 2 saturated heterocycles. The van der Waals surface area contributed by atoms with Gasteiger partial charge in [0.1, 0.15) is 23.5 Å². The van der Waals surface area contributed by atoms with Crippen LogP contribution in [0.5, 0.6) is 0 Å². The summed E-state index contributed by atoms with van der Waals surface area (Å²) >= 11 is 0. The fraction of sp³-hybridized carbons (Fsp3) is 0.812. The summed E-state index contributed by atoms with van der Waals surface area (Å²) in [5.41, 5.74) is 2.52. The molecular formula is C16H26N2O8S. The number of aliphatic carboxylic acids is 1. The first kappa shape index (κ1) is 21.6. The van der Waals surface area contributed by atoms with Gasteiger partial charge in [0, 0.05) is 7.11 Å². The van der Waals surface area contributed by atoms with Gasteiger partial charge >= 0.3 is 11.9 Å².